The van der Waals surface area contributed by atoms with Crippen molar-refractivity contribution in [2.45, 2.75) is 90.4 Å². The van der Waals surface area contributed by atoms with E-state index >= 15 is 0 Å². The van der Waals surface area contributed by atoms with Gasteiger partial charge in [-0.15, -0.1) is 0 Å². The highest BCUT2D eigenvalue weighted by Gasteiger charge is 2.39. The van der Waals surface area contributed by atoms with Crippen LogP contribution in [0.4, 0.5) is 0 Å². The van der Waals surface area contributed by atoms with E-state index in [0.29, 0.717) is 38.8 Å². The molecule has 2 amide bonds. The van der Waals surface area contributed by atoms with Crippen molar-refractivity contribution in [3.63, 3.8) is 0 Å². The molecule has 4 N–H and O–H groups in total. The van der Waals surface area contributed by atoms with Gasteiger partial charge in [-0.3, -0.25) is 24.0 Å². The zero-order valence-electron chi connectivity index (χ0n) is 19.7. The Morgan fingerprint density at radius 3 is 1.38 bits per heavy atom. The number of Topliss-reactive ketones (excluding diaryl/α,β-unsaturated/α-hetero) is 3. The number of nitrogens with zero attached hydrogens (tertiary/aromatic N) is 2. The molecule has 0 aromatic carbocycles. The molecule has 9 nitrogen and oxygen atoms in total. The van der Waals surface area contributed by atoms with Crippen molar-refractivity contribution >= 4 is 29.2 Å². The van der Waals surface area contributed by atoms with Crippen molar-refractivity contribution in [3.8, 4) is 0 Å². The van der Waals surface area contributed by atoms with Gasteiger partial charge in [-0.05, 0) is 37.5 Å². The second kappa shape index (κ2) is 11.1. The number of rotatable bonds is 10. The molecule has 0 aromatic rings. The van der Waals surface area contributed by atoms with Crippen LogP contribution in [0.3, 0.4) is 0 Å². The first-order chi connectivity index (χ1) is 15.0. The molecule has 2 saturated heterocycles. The molecule has 2 heterocycles. The minimum absolute atomic E-state index is 0.0565. The molecule has 0 aliphatic carbocycles. The number of hydrogen-bond donors (Lipinski definition) is 2. The van der Waals surface area contributed by atoms with Gasteiger partial charge >= 0.3 is 0 Å². The van der Waals surface area contributed by atoms with E-state index in [2.05, 4.69) is 0 Å². The third-order valence-electron chi connectivity index (χ3n) is 6.56. The fourth-order valence-electron chi connectivity index (χ4n) is 4.37. The fraction of sp³-hybridized carbons (Fsp3) is 0.783. The summed E-state index contributed by atoms with van der Waals surface area (Å²) in [6.45, 7) is 8.26. The summed E-state index contributed by atoms with van der Waals surface area (Å²) >= 11 is 0. The van der Waals surface area contributed by atoms with Crippen molar-refractivity contribution in [2.24, 2.45) is 23.3 Å². The predicted molar refractivity (Wildman–Crippen MR) is 119 cm³/mol. The Labute approximate surface area is 190 Å². The summed E-state index contributed by atoms with van der Waals surface area (Å²) in [5.41, 5.74) is 11.9. The highest BCUT2D eigenvalue weighted by atomic mass is 16.2. The lowest BCUT2D eigenvalue weighted by atomic mass is 9.97. The number of carbonyl (C=O) groups excluding carboxylic acids is 5. The van der Waals surface area contributed by atoms with Crippen LogP contribution in [0, 0.1) is 11.8 Å². The molecule has 0 unspecified atom stereocenters. The van der Waals surface area contributed by atoms with Gasteiger partial charge in [0, 0.05) is 13.1 Å². The van der Waals surface area contributed by atoms with Crippen LogP contribution in [-0.4, -0.2) is 76.2 Å². The van der Waals surface area contributed by atoms with Crippen LogP contribution < -0.4 is 11.5 Å². The van der Waals surface area contributed by atoms with Crippen LogP contribution in [0.25, 0.3) is 0 Å². The summed E-state index contributed by atoms with van der Waals surface area (Å²) in [5.74, 6) is -1.86. The number of ketones is 3. The molecule has 0 spiro atoms. The van der Waals surface area contributed by atoms with Crippen LogP contribution in [0.2, 0.25) is 0 Å². The molecular weight excluding hydrogens is 412 g/mol. The van der Waals surface area contributed by atoms with Gasteiger partial charge in [0.15, 0.2) is 11.6 Å². The SMILES string of the molecule is CC(C)[C@H](N)C(=O)N1CCC[C@H]1C(=O)CC(=O)CC(=O)[C@@H]1CCCN1C(=O)[C@@H](N)C(C)C. The minimum atomic E-state index is -0.691. The van der Waals surface area contributed by atoms with E-state index in [0.717, 1.165) is 0 Å². The maximum Gasteiger partial charge on any atom is 0.240 e. The van der Waals surface area contributed by atoms with Gasteiger partial charge in [-0.2, -0.15) is 0 Å². The van der Waals surface area contributed by atoms with Crippen LogP contribution in [-0.2, 0) is 24.0 Å². The maximum atomic E-state index is 12.8. The van der Waals surface area contributed by atoms with E-state index in [1.54, 1.807) is 0 Å². The number of amides is 2. The van der Waals surface area contributed by atoms with Gasteiger partial charge in [0.05, 0.1) is 37.0 Å². The van der Waals surface area contributed by atoms with Gasteiger partial charge in [-0.25, -0.2) is 0 Å². The zero-order valence-corrected chi connectivity index (χ0v) is 19.7. The number of nitrogens with two attached hydrogens (primary N) is 2. The Kier molecular flexibility index (Phi) is 9.09. The average molecular weight is 451 g/mol. The van der Waals surface area contributed by atoms with Gasteiger partial charge in [-0.1, -0.05) is 27.7 Å². The topological polar surface area (TPSA) is 144 Å². The van der Waals surface area contributed by atoms with Crippen molar-refractivity contribution in [2.75, 3.05) is 13.1 Å². The summed E-state index contributed by atoms with van der Waals surface area (Å²) in [5, 5.41) is 0. The molecule has 9 heteroatoms. The van der Waals surface area contributed by atoms with Gasteiger partial charge < -0.3 is 21.3 Å². The summed E-state index contributed by atoms with van der Waals surface area (Å²) in [7, 11) is 0. The molecule has 2 fully saturated rings. The first-order valence-corrected chi connectivity index (χ1v) is 11.6. The molecule has 0 aromatic heterocycles. The van der Waals surface area contributed by atoms with E-state index in [4.69, 9.17) is 11.5 Å². The number of hydrogen-bond acceptors (Lipinski definition) is 7. The van der Waals surface area contributed by atoms with Crippen molar-refractivity contribution in [1.82, 2.24) is 9.80 Å². The molecule has 180 valence electrons. The highest BCUT2D eigenvalue weighted by molar-refractivity contribution is 6.10. The van der Waals surface area contributed by atoms with Crippen LogP contribution >= 0.6 is 0 Å². The van der Waals surface area contributed by atoms with Crippen molar-refractivity contribution in [3.05, 3.63) is 0 Å². The third-order valence-corrected chi connectivity index (χ3v) is 6.56. The quantitative estimate of drug-likeness (QED) is 0.459. The van der Waals surface area contributed by atoms with Crippen LogP contribution in [0.5, 0.6) is 0 Å². The molecule has 0 saturated carbocycles. The summed E-state index contributed by atoms with van der Waals surface area (Å²) < 4.78 is 0. The van der Waals surface area contributed by atoms with E-state index in [1.165, 1.54) is 9.80 Å². The first-order valence-electron chi connectivity index (χ1n) is 11.6. The van der Waals surface area contributed by atoms with Crippen LogP contribution in [0.1, 0.15) is 66.2 Å². The molecule has 32 heavy (non-hydrogen) atoms. The predicted octanol–water partition coefficient (Wildman–Crippen LogP) is 0.423. The smallest absolute Gasteiger partial charge is 0.240 e. The lowest BCUT2D eigenvalue weighted by Gasteiger charge is -2.28. The lowest BCUT2D eigenvalue weighted by Crippen LogP contribution is -2.51. The molecule has 0 radical (unpaired) electrons. The highest BCUT2D eigenvalue weighted by Crippen LogP contribution is 2.23. The zero-order chi connectivity index (χ0) is 24.2. The lowest BCUT2D eigenvalue weighted by molar-refractivity contribution is -0.142. The van der Waals surface area contributed by atoms with Gasteiger partial charge in [0.2, 0.25) is 11.8 Å². The molecule has 2 aliphatic heterocycles. The molecule has 4 atom stereocenters. The second-order valence-corrected chi connectivity index (χ2v) is 9.74. The molecule has 2 aliphatic rings. The number of carbonyl (C=O) groups is 5. The van der Waals surface area contributed by atoms with E-state index in [1.807, 2.05) is 27.7 Å². The molecular formula is C23H38N4O5. The summed E-state index contributed by atoms with van der Waals surface area (Å²) in [6.07, 6.45) is 1.54. The van der Waals surface area contributed by atoms with Gasteiger partial charge in [0.25, 0.3) is 0 Å². The Balaban J connectivity index is 1.95. The molecule has 0 bridgehead atoms. The normalized spacial score (nSPS) is 23.0. The first kappa shape index (κ1) is 26.1. The second-order valence-electron chi connectivity index (χ2n) is 9.74. The minimum Gasteiger partial charge on any atom is -0.331 e. The molecule has 2 rings (SSSR count). The summed E-state index contributed by atoms with van der Waals surface area (Å²) in [6, 6.07) is -2.72. The Morgan fingerprint density at radius 1 is 0.719 bits per heavy atom. The summed E-state index contributed by atoms with van der Waals surface area (Å²) in [4.78, 5) is 66.2. The fourth-order valence-corrected chi connectivity index (χ4v) is 4.37. The maximum absolute atomic E-state index is 12.8. The Morgan fingerprint density at radius 2 is 1.06 bits per heavy atom. The van der Waals surface area contributed by atoms with Crippen LogP contribution in [0.15, 0.2) is 0 Å². The number of likely N-dealkylation sites (tertiary alicyclic amines) is 2. The van der Waals surface area contributed by atoms with Gasteiger partial charge in [0.1, 0.15) is 5.78 Å². The van der Waals surface area contributed by atoms with Crippen molar-refractivity contribution < 1.29 is 24.0 Å². The largest absolute Gasteiger partial charge is 0.331 e. The average Bonchev–Trinajstić information content (AvgIpc) is 3.40. The van der Waals surface area contributed by atoms with E-state index < -0.39 is 42.8 Å². The van der Waals surface area contributed by atoms with E-state index in [-0.39, 0.29) is 35.2 Å². The third kappa shape index (κ3) is 6.01. The monoisotopic (exact) mass is 450 g/mol. The Hall–Kier alpha value is -2.13. The standard InChI is InChI=1S/C23H38N4O5/c1-13(2)20(24)22(31)26-9-5-7-16(26)18(29)11-15(28)12-19(30)17-8-6-10-27(17)23(32)21(25)14(3)4/h13-14,16-17,20-21H,5-12,24-25H2,1-4H3/t16-,17-,20-,21-/m0/s1. The van der Waals surface area contributed by atoms with Crippen molar-refractivity contribution in [1.29, 1.82) is 0 Å². The van der Waals surface area contributed by atoms with E-state index in [9.17, 15) is 24.0 Å². The Bertz CT molecular complexity index is 691.